The van der Waals surface area contributed by atoms with E-state index >= 15 is 0 Å². The van der Waals surface area contributed by atoms with Gasteiger partial charge < -0.3 is 9.55 Å². The van der Waals surface area contributed by atoms with E-state index in [1.165, 1.54) is 50.0 Å². The minimum atomic E-state index is 0.625. The van der Waals surface area contributed by atoms with E-state index in [1.54, 1.807) is 0 Å². The molecule has 222 valence electrons. The molecule has 8 bridgehead atoms. The van der Waals surface area contributed by atoms with Crippen molar-refractivity contribution in [1.82, 2.24) is 19.5 Å². The third kappa shape index (κ3) is 4.66. The molecule has 0 aliphatic carbocycles. The van der Waals surface area contributed by atoms with Crippen molar-refractivity contribution in [1.29, 1.82) is 0 Å². The van der Waals surface area contributed by atoms with Crippen LogP contribution in [0.15, 0.2) is 6.07 Å². The third-order valence-corrected chi connectivity index (χ3v) is 9.82. The first-order valence-corrected chi connectivity index (χ1v) is 16.7. The molecule has 42 heavy (non-hydrogen) atoms. The second-order valence-electron chi connectivity index (χ2n) is 11.0. The first-order chi connectivity index (χ1) is 20.3. The van der Waals surface area contributed by atoms with Gasteiger partial charge in [0.1, 0.15) is 0 Å². The van der Waals surface area contributed by atoms with Crippen molar-refractivity contribution in [3.63, 3.8) is 0 Å². The average molecular weight is 604 g/mol. The summed E-state index contributed by atoms with van der Waals surface area (Å²) < 4.78 is 2.38. The Kier molecular flexibility index (Phi) is 9.06. The first kappa shape index (κ1) is 30.6. The number of hydrogen-bond donors (Lipinski definition) is 1. The molecule has 0 aromatic carbocycles. The monoisotopic (exact) mass is 602 g/mol. The molecular formula is C36H44Cl2N4. The predicted molar refractivity (Wildman–Crippen MR) is 184 cm³/mol. The van der Waals surface area contributed by atoms with Gasteiger partial charge in [0.2, 0.25) is 0 Å². The number of aromatic amines is 1. The minimum Gasteiger partial charge on any atom is -0.353 e. The van der Waals surface area contributed by atoms with Crippen LogP contribution in [0.25, 0.3) is 45.4 Å². The van der Waals surface area contributed by atoms with Crippen LogP contribution in [0.5, 0.6) is 0 Å². The lowest BCUT2D eigenvalue weighted by Gasteiger charge is -2.08. The van der Waals surface area contributed by atoms with Crippen molar-refractivity contribution in [2.75, 3.05) is 0 Å². The summed E-state index contributed by atoms with van der Waals surface area (Å²) in [5.41, 5.74) is 17.1. The quantitative estimate of drug-likeness (QED) is 0.218. The molecule has 2 aliphatic heterocycles. The lowest BCUT2D eigenvalue weighted by atomic mass is 9.95. The van der Waals surface area contributed by atoms with Gasteiger partial charge in [0.05, 0.1) is 43.9 Å². The summed E-state index contributed by atoms with van der Waals surface area (Å²) in [6.45, 7) is 18.6. The van der Waals surface area contributed by atoms with Crippen LogP contribution in [0.1, 0.15) is 119 Å². The zero-order valence-corrected chi connectivity index (χ0v) is 28.0. The van der Waals surface area contributed by atoms with Crippen LogP contribution in [0, 0.1) is 0 Å². The van der Waals surface area contributed by atoms with Gasteiger partial charge in [-0.3, -0.25) is 0 Å². The predicted octanol–water partition coefficient (Wildman–Crippen LogP) is 10.8. The van der Waals surface area contributed by atoms with Gasteiger partial charge in [-0.15, -0.1) is 0 Å². The molecule has 0 unspecified atom stereocenters. The number of nitrogens with zero attached hydrogens (tertiary/aromatic N) is 3. The number of aromatic nitrogens is 4. The summed E-state index contributed by atoms with van der Waals surface area (Å²) in [5, 5.41) is 1.43. The van der Waals surface area contributed by atoms with Crippen molar-refractivity contribution in [3.8, 4) is 0 Å². The fourth-order valence-corrected chi connectivity index (χ4v) is 7.85. The van der Waals surface area contributed by atoms with Crippen molar-refractivity contribution >= 4 is 68.6 Å². The molecule has 3 aromatic rings. The van der Waals surface area contributed by atoms with E-state index in [0.717, 1.165) is 90.3 Å². The summed E-state index contributed by atoms with van der Waals surface area (Å²) in [6.07, 6.45) is 10.3. The number of aryl methyl sites for hydroxylation is 6. The molecule has 0 saturated carbocycles. The van der Waals surface area contributed by atoms with Gasteiger partial charge in [-0.1, -0.05) is 71.7 Å². The highest BCUT2D eigenvalue weighted by Gasteiger charge is 2.26. The molecule has 0 spiro atoms. The zero-order valence-electron chi connectivity index (χ0n) is 26.5. The summed E-state index contributed by atoms with van der Waals surface area (Å²) in [6, 6.07) is 2.21. The molecule has 0 fully saturated rings. The van der Waals surface area contributed by atoms with Crippen molar-refractivity contribution < 1.29 is 0 Å². The van der Waals surface area contributed by atoms with Gasteiger partial charge in [-0.2, -0.15) is 0 Å². The van der Waals surface area contributed by atoms with Crippen LogP contribution in [-0.4, -0.2) is 19.5 Å². The Labute approximate surface area is 260 Å². The maximum atomic E-state index is 7.57. The van der Waals surface area contributed by atoms with E-state index in [4.69, 9.17) is 33.2 Å². The molecule has 5 heterocycles. The molecule has 2 aliphatic rings. The van der Waals surface area contributed by atoms with Gasteiger partial charge in [0, 0.05) is 23.1 Å². The molecule has 0 amide bonds. The average Bonchev–Trinajstić information content (AvgIpc) is 3.77. The van der Waals surface area contributed by atoms with Crippen molar-refractivity contribution in [3.05, 3.63) is 66.7 Å². The summed E-state index contributed by atoms with van der Waals surface area (Å²) >= 11 is 14.8. The molecular weight excluding hydrogens is 559 g/mol. The Morgan fingerprint density at radius 3 is 1.79 bits per heavy atom. The van der Waals surface area contributed by atoms with E-state index in [1.807, 2.05) is 6.08 Å². The number of H-pyrrole nitrogens is 1. The lowest BCUT2D eigenvalue weighted by Crippen LogP contribution is -1.95. The van der Waals surface area contributed by atoms with Crippen LogP contribution in [-0.2, 0) is 38.6 Å². The summed E-state index contributed by atoms with van der Waals surface area (Å²) in [4.78, 5) is 14.2. The second-order valence-corrected chi connectivity index (χ2v) is 11.8. The van der Waals surface area contributed by atoms with Crippen molar-refractivity contribution in [2.45, 2.75) is 107 Å². The number of nitrogens with one attached hydrogen (secondary N) is 1. The van der Waals surface area contributed by atoms with E-state index in [2.05, 4.69) is 77.1 Å². The Morgan fingerprint density at radius 2 is 1.21 bits per heavy atom. The van der Waals surface area contributed by atoms with Gasteiger partial charge in [0.25, 0.3) is 0 Å². The Balaban J connectivity index is 2.17. The van der Waals surface area contributed by atoms with Crippen LogP contribution in [0.2, 0.25) is 10.0 Å². The zero-order chi connectivity index (χ0) is 30.3. The highest BCUT2D eigenvalue weighted by Crippen LogP contribution is 2.42. The molecule has 0 radical (unpaired) electrons. The van der Waals surface area contributed by atoms with E-state index < -0.39 is 0 Å². The number of fused-ring (bicyclic) bond motifs is 8. The van der Waals surface area contributed by atoms with Crippen molar-refractivity contribution in [2.24, 2.45) is 0 Å². The molecule has 3 aromatic heterocycles. The van der Waals surface area contributed by atoms with Crippen LogP contribution in [0.3, 0.4) is 0 Å². The third-order valence-electron chi connectivity index (χ3n) is 9.08. The lowest BCUT2D eigenvalue weighted by molar-refractivity contribution is 0.821. The standard InChI is InChI=1S/C36H44Cl2N4/c1-9-21-26(14-6)36-31(38)35-25(13-5)23(11-3)33(41-35)27(15-7)32-22(10-2)24(12-4)34(40-32)30(37)28-18-17-20(39-28)19-29(21)42(36)16-8/h17-19,41H,9-16H2,1-8H3. The number of rotatable bonds is 8. The summed E-state index contributed by atoms with van der Waals surface area (Å²) in [5.74, 6) is 0. The second kappa shape index (κ2) is 12.4. The highest BCUT2D eigenvalue weighted by atomic mass is 35.5. The highest BCUT2D eigenvalue weighted by molar-refractivity contribution is 6.38. The number of halogens is 2. The molecule has 0 atom stereocenters. The van der Waals surface area contributed by atoms with Crippen LogP contribution >= 0.6 is 23.2 Å². The molecule has 1 N–H and O–H groups in total. The van der Waals surface area contributed by atoms with E-state index in [9.17, 15) is 0 Å². The molecule has 6 heteroatoms. The maximum Gasteiger partial charge on any atom is 0.0922 e. The summed E-state index contributed by atoms with van der Waals surface area (Å²) in [7, 11) is 0. The van der Waals surface area contributed by atoms with Gasteiger partial charge in [-0.05, 0) is 103 Å². The van der Waals surface area contributed by atoms with Crippen LogP contribution in [0.4, 0.5) is 0 Å². The fourth-order valence-electron chi connectivity index (χ4n) is 7.21. The topological polar surface area (TPSA) is 46.5 Å². The Bertz CT molecular complexity index is 1780. The fraction of sp³-hybridized carbons (Fsp3) is 0.444. The Hall–Kier alpha value is -2.82. The van der Waals surface area contributed by atoms with E-state index in [0.29, 0.717) is 5.02 Å². The molecule has 4 nitrogen and oxygen atoms in total. The van der Waals surface area contributed by atoms with Gasteiger partial charge >= 0.3 is 0 Å². The smallest absolute Gasteiger partial charge is 0.0922 e. The largest absolute Gasteiger partial charge is 0.353 e. The normalized spacial score (nSPS) is 13.1. The van der Waals surface area contributed by atoms with Gasteiger partial charge in [0.15, 0.2) is 0 Å². The molecule has 0 saturated heterocycles. The molecule has 5 rings (SSSR count). The first-order valence-electron chi connectivity index (χ1n) is 15.9. The maximum absolute atomic E-state index is 7.57. The number of hydrogen-bond acceptors (Lipinski definition) is 2. The van der Waals surface area contributed by atoms with Crippen LogP contribution < -0.4 is 0 Å². The number of allylic oxidation sites excluding steroid dienone is 2. The van der Waals surface area contributed by atoms with Gasteiger partial charge in [-0.25, -0.2) is 9.97 Å². The van der Waals surface area contributed by atoms with E-state index in [-0.39, 0.29) is 0 Å². The minimum absolute atomic E-state index is 0.625. The Morgan fingerprint density at radius 1 is 0.619 bits per heavy atom. The SMILES string of the molecule is CCC1=C(CC)c2nc1c(Cl)c1nc(cc3c(CC)c(CC)c(c(Cl)c4[nH]c(c2CC)c(CC)c4CC)n3CC)C=C1.